The first kappa shape index (κ1) is 16.3. The van der Waals surface area contributed by atoms with Crippen LogP contribution in [0, 0.1) is 12.7 Å². The molecule has 2 aromatic carbocycles. The van der Waals surface area contributed by atoms with Gasteiger partial charge in [0.15, 0.2) is 0 Å². The maximum atomic E-state index is 14.1. The largest absolute Gasteiger partial charge is 0.310 e. The molecule has 0 radical (unpaired) electrons. The van der Waals surface area contributed by atoms with Gasteiger partial charge in [-0.1, -0.05) is 48.3 Å². The van der Waals surface area contributed by atoms with Gasteiger partial charge in [-0.25, -0.2) is 4.39 Å². The van der Waals surface area contributed by atoms with Crippen LogP contribution in [0.3, 0.4) is 0 Å². The standard InChI is InChI=1S/C17H18Cl2FN/c1-3-21-16(14-10-13(18)8-7-11(14)2)9-12-5-4-6-15(19)17(12)20/h4-8,10,16,21H,3,9H2,1-2H3. The third-order valence-corrected chi connectivity index (χ3v) is 4.05. The minimum atomic E-state index is -0.346. The van der Waals surface area contributed by atoms with Crippen LogP contribution in [0.2, 0.25) is 10.0 Å². The summed E-state index contributed by atoms with van der Waals surface area (Å²) in [5, 5.41) is 4.24. The van der Waals surface area contributed by atoms with E-state index in [1.165, 1.54) is 0 Å². The van der Waals surface area contributed by atoms with Gasteiger partial charge in [-0.05, 0) is 54.8 Å². The summed E-state index contributed by atoms with van der Waals surface area (Å²) in [5.74, 6) is -0.346. The second-order valence-corrected chi connectivity index (χ2v) is 5.87. The van der Waals surface area contributed by atoms with E-state index >= 15 is 0 Å². The maximum absolute atomic E-state index is 14.1. The fourth-order valence-corrected chi connectivity index (χ4v) is 2.83. The Bertz CT molecular complexity index is 628. The van der Waals surface area contributed by atoms with Crippen LogP contribution in [0.15, 0.2) is 36.4 Å². The zero-order valence-electron chi connectivity index (χ0n) is 12.1. The molecule has 0 aliphatic carbocycles. The molecule has 1 unspecified atom stereocenters. The van der Waals surface area contributed by atoms with Gasteiger partial charge in [-0.15, -0.1) is 0 Å². The normalized spacial score (nSPS) is 12.4. The van der Waals surface area contributed by atoms with Crippen molar-refractivity contribution in [1.29, 1.82) is 0 Å². The molecule has 0 aromatic heterocycles. The summed E-state index contributed by atoms with van der Waals surface area (Å²) >= 11 is 12.0. The highest BCUT2D eigenvalue weighted by molar-refractivity contribution is 6.31. The highest BCUT2D eigenvalue weighted by atomic mass is 35.5. The summed E-state index contributed by atoms with van der Waals surface area (Å²) in [4.78, 5) is 0. The summed E-state index contributed by atoms with van der Waals surface area (Å²) in [7, 11) is 0. The Morgan fingerprint density at radius 3 is 2.67 bits per heavy atom. The lowest BCUT2D eigenvalue weighted by molar-refractivity contribution is 0.526. The van der Waals surface area contributed by atoms with Crippen molar-refractivity contribution in [2.24, 2.45) is 0 Å². The van der Waals surface area contributed by atoms with Crippen LogP contribution in [0.5, 0.6) is 0 Å². The van der Waals surface area contributed by atoms with E-state index in [1.807, 2.05) is 32.0 Å². The lowest BCUT2D eigenvalue weighted by Gasteiger charge is -2.21. The van der Waals surface area contributed by atoms with Crippen LogP contribution in [-0.4, -0.2) is 6.54 Å². The van der Waals surface area contributed by atoms with Crippen LogP contribution in [0.4, 0.5) is 4.39 Å². The fourth-order valence-electron chi connectivity index (χ4n) is 2.45. The smallest absolute Gasteiger partial charge is 0.145 e. The summed E-state index contributed by atoms with van der Waals surface area (Å²) < 4.78 is 14.1. The molecular weight excluding hydrogens is 308 g/mol. The van der Waals surface area contributed by atoms with Crippen LogP contribution >= 0.6 is 23.2 Å². The number of aryl methyl sites for hydroxylation is 1. The van der Waals surface area contributed by atoms with Gasteiger partial charge < -0.3 is 5.32 Å². The predicted octanol–water partition coefficient (Wildman–Crippen LogP) is 5.33. The summed E-state index contributed by atoms with van der Waals surface area (Å²) in [5.41, 5.74) is 2.82. The van der Waals surface area contributed by atoms with E-state index in [4.69, 9.17) is 23.2 Å². The molecule has 2 rings (SSSR count). The minimum Gasteiger partial charge on any atom is -0.310 e. The van der Waals surface area contributed by atoms with Crippen LogP contribution < -0.4 is 5.32 Å². The molecule has 4 heteroatoms. The Kier molecular flexibility index (Phi) is 5.63. The van der Waals surface area contributed by atoms with Crippen molar-refractivity contribution in [3.63, 3.8) is 0 Å². The molecule has 0 spiro atoms. The number of rotatable bonds is 5. The highest BCUT2D eigenvalue weighted by Gasteiger charge is 2.17. The molecule has 2 aromatic rings. The second kappa shape index (κ2) is 7.26. The van der Waals surface area contributed by atoms with Crippen molar-refractivity contribution in [3.8, 4) is 0 Å². The van der Waals surface area contributed by atoms with Gasteiger partial charge in [-0.2, -0.15) is 0 Å². The molecule has 0 saturated carbocycles. The zero-order valence-corrected chi connectivity index (χ0v) is 13.6. The van der Waals surface area contributed by atoms with E-state index in [0.29, 0.717) is 17.0 Å². The molecule has 0 bridgehead atoms. The molecule has 0 fully saturated rings. The first-order chi connectivity index (χ1) is 10.0. The molecule has 21 heavy (non-hydrogen) atoms. The average Bonchev–Trinajstić information content (AvgIpc) is 2.46. The van der Waals surface area contributed by atoms with Crippen molar-refractivity contribution in [1.82, 2.24) is 5.32 Å². The quantitative estimate of drug-likeness (QED) is 0.782. The first-order valence-corrected chi connectivity index (χ1v) is 7.70. The number of benzene rings is 2. The van der Waals surface area contributed by atoms with E-state index in [-0.39, 0.29) is 16.9 Å². The summed E-state index contributed by atoms with van der Waals surface area (Å²) in [6.45, 7) is 4.85. The van der Waals surface area contributed by atoms with E-state index in [9.17, 15) is 4.39 Å². The van der Waals surface area contributed by atoms with Crippen molar-refractivity contribution in [3.05, 3.63) is 69.0 Å². The maximum Gasteiger partial charge on any atom is 0.145 e. The number of halogens is 3. The van der Waals surface area contributed by atoms with Crippen LogP contribution in [0.25, 0.3) is 0 Å². The lowest BCUT2D eigenvalue weighted by atomic mass is 9.95. The van der Waals surface area contributed by atoms with Gasteiger partial charge in [-0.3, -0.25) is 0 Å². The van der Waals surface area contributed by atoms with Crippen molar-refractivity contribution in [2.75, 3.05) is 6.54 Å². The van der Waals surface area contributed by atoms with Gasteiger partial charge in [0.2, 0.25) is 0 Å². The van der Waals surface area contributed by atoms with Gasteiger partial charge in [0.05, 0.1) is 5.02 Å². The van der Waals surface area contributed by atoms with E-state index in [0.717, 1.165) is 17.7 Å². The highest BCUT2D eigenvalue weighted by Crippen LogP contribution is 2.27. The van der Waals surface area contributed by atoms with Gasteiger partial charge in [0.1, 0.15) is 5.82 Å². The van der Waals surface area contributed by atoms with E-state index < -0.39 is 0 Å². The summed E-state index contributed by atoms with van der Waals surface area (Å²) in [6, 6.07) is 10.9. The van der Waals surface area contributed by atoms with Gasteiger partial charge in [0, 0.05) is 11.1 Å². The zero-order chi connectivity index (χ0) is 15.4. The number of hydrogen-bond donors (Lipinski definition) is 1. The lowest BCUT2D eigenvalue weighted by Crippen LogP contribution is -2.24. The SMILES string of the molecule is CCNC(Cc1cccc(Cl)c1F)c1cc(Cl)ccc1C. The third kappa shape index (κ3) is 3.97. The summed E-state index contributed by atoms with van der Waals surface area (Å²) in [6.07, 6.45) is 0.529. The van der Waals surface area contributed by atoms with Crippen molar-refractivity contribution >= 4 is 23.2 Å². The fraction of sp³-hybridized carbons (Fsp3) is 0.294. The van der Waals surface area contributed by atoms with Crippen molar-refractivity contribution < 1.29 is 4.39 Å². The van der Waals surface area contributed by atoms with Crippen molar-refractivity contribution in [2.45, 2.75) is 26.3 Å². The molecular formula is C17H18Cl2FN. The Morgan fingerprint density at radius 1 is 1.19 bits per heavy atom. The molecule has 1 nitrogen and oxygen atoms in total. The molecule has 0 amide bonds. The third-order valence-electron chi connectivity index (χ3n) is 3.52. The van der Waals surface area contributed by atoms with Crippen LogP contribution in [0.1, 0.15) is 29.7 Å². The minimum absolute atomic E-state index is 0.00154. The molecule has 0 aliphatic rings. The molecule has 0 saturated heterocycles. The molecule has 1 atom stereocenters. The number of nitrogens with one attached hydrogen (secondary N) is 1. The monoisotopic (exact) mass is 325 g/mol. The topological polar surface area (TPSA) is 12.0 Å². The Hall–Kier alpha value is -1.09. The average molecular weight is 326 g/mol. The predicted molar refractivity (Wildman–Crippen MR) is 87.7 cm³/mol. The molecule has 1 N–H and O–H groups in total. The molecule has 112 valence electrons. The Balaban J connectivity index is 2.35. The molecule has 0 aliphatic heterocycles. The Morgan fingerprint density at radius 2 is 1.95 bits per heavy atom. The van der Waals surface area contributed by atoms with Gasteiger partial charge in [0.25, 0.3) is 0 Å². The number of hydrogen-bond acceptors (Lipinski definition) is 1. The first-order valence-electron chi connectivity index (χ1n) is 6.95. The van der Waals surface area contributed by atoms with Crippen LogP contribution in [-0.2, 0) is 6.42 Å². The van der Waals surface area contributed by atoms with E-state index in [2.05, 4.69) is 5.32 Å². The molecule has 0 heterocycles. The van der Waals surface area contributed by atoms with Gasteiger partial charge >= 0.3 is 0 Å². The van der Waals surface area contributed by atoms with E-state index in [1.54, 1.807) is 18.2 Å². The number of likely N-dealkylation sites (N-methyl/N-ethyl adjacent to an activating group) is 1. The second-order valence-electron chi connectivity index (χ2n) is 5.03. The Labute approximate surface area is 135 Å².